The normalized spacial score (nSPS) is 11.3. The van der Waals surface area contributed by atoms with Gasteiger partial charge in [-0.15, -0.1) is 0 Å². The van der Waals surface area contributed by atoms with Crippen molar-refractivity contribution in [2.75, 3.05) is 13.2 Å². The first-order valence-corrected chi connectivity index (χ1v) is 7.07. The predicted octanol–water partition coefficient (Wildman–Crippen LogP) is 2.03. The predicted molar refractivity (Wildman–Crippen MR) is 80.3 cm³/mol. The number of aliphatic hydroxyl groups is 1. The van der Waals surface area contributed by atoms with Crippen molar-refractivity contribution in [1.29, 1.82) is 0 Å². The minimum absolute atomic E-state index is 0.0474. The maximum atomic E-state index is 12.6. The van der Waals surface area contributed by atoms with Crippen molar-refractivity contribution in [3.8, 4) is 0 Å². The van der Waals surface area contributed by atoms with Gasteiger partial charge in [0.25, 0.3) is 11.5 Å². The third-order valence-electron chi connectivity index (χ3n) is 3.32. The molecule has 8 heteroatoms. The summed E-state index contributed by atoms with van der Waals surface area (Å²) < 4.78 is 37.7. The average molecular weight is 340 g/mol. The number of amides is 1. The van der Waals surface area contributed by atoms with Crippen LogP contribution in [-0.2, 0) is 12.7 Å². The summed E-state index contributed by atoms with van der Waals surface area (Å²) in [5, 5.41) is 9.10. The van der Waals surface area contributed by atoms with E-state index in [1.54, 1.807) is 35.3 Å². The number of halogens is 3. The Kier molecular flexibility index (Phi) is 5.40. The van der Waals surface area contributed by atoms with E-state index >= 15 is 0 Å². The molecule has 0 fully saturated rings. The summed E-state index contributed by atoms with van der Waals surface area (Å²) in [6, 6.07) is 10.3. The fraction of sp³-hybridized carbons (Fsp3) is 0.250. The lowest BCUT2D eigenvalue weighted by atomic mass is 10.1. The Bertz CT molecular complexity index is 757. The van der Waals surface area contributed by atoms with Gasteiger partial charge in [0.05, 0.1) is 6.61 Å². The minimum atomic E-state index is -4.70. The van der Waals surface area contributed by atoms with Crippen molar-refractivity contribution in [3.63, 3.8) is 0 Å². The number of H-pyrrole nitrogens is 1. The smallest absolute Gasteiger partial charge is 0.395 e. The van der Waals surface area contributed by atoms with E-state index in [0.29, 0.717) is 6.07 Å². The summed E-state index contributed by atoms with van der Waals surface area (Å²) in [6.45, 7) is -0.258. The van der Waals surface area contributed by atoms with E-state index in [-0.39, 0.29) is 19.7 Å². The van der Waals surface area contributed by atoms with Crippen LogP contribution in [0.1, 0.15) is 21.6 Å². The lowest BCUT2D eigenvalue weighted by molar-refractivity contribution is -0.141. The summed E-state index contributed by atoms with van der Waals surface area (Å²) in [6.07, 6.45) is -4.70. The Morgan fingerprint density at radius 3 is 2.33 bits per heavy atom. The van der Waals surface area contributed by atoms with Crippen LogP contribution in [0.3, 0.4) is 0 Å². The van der Waals surface area contributed by atoms with Gasteiger partial charge in [-0.3, -0.25) is 9.59 Å². The molecular weight excluding hydrogens is 325 g/mol. The molecule has 0 aliphatic heterocycles. The van der Waals surface area contributed by atoms with Crippen LogP contribution in [0.15, 0.2) is 47.3 Å². The van der Waals surface area contributed by atoms with Gasteiger partial charge in [-0.25, -0.2) is 0 Å². The maximum absolute atomic E-state index is 12.6. The van der Waals surface area contributed by atoms with Gasteiger partial charge in [0.2, 0.25) is 0 Å². The molecule has 0 atom stereocenters. The number of nitrogens with one attached hydrogen (secondary N) is 1. The van der Waals surface area contributed by atoms with E-state index in [1.807, 2.05) is 0 Å². The highest BCUT2D eigenvalue weighted by molar-refractivity contribution is 5.93. The molecule has 5 nitrogen and oxygen atoms in total. The van der Waals surface area contributed by atoms with Crippen molar-refractivity contribution >= 4 is 5.91 Å². The Balaban J connectivity index is 2.28. The third-order valence-corrected chi connectivity index (χ3v) is 3.32. The first-order valence-electron chi connectivity index (χ1n) is 7.07. The Morgan fingerprint density at radius 1 is 1.12 bits per heavy atom. The minimum Gasteiger partial charge on any atom is -0.395 e. The molecule has 0 bridgehead atoms. The number of carbonyl (C=O) groups excluding carboxylic acids is 1. The maximum Gasteiger partial charge on any atom is 0.431 e. The quantitative estimate of drug-likeness (QED) is 0.875. The number of pyridine rings is 1. The summed E-state index contributed by atoms with van der Waals surface area (Å²) in [5.74, 6) is -0.747. The summed E-state index contributed by atoms with van der Waals surface area (Å²) >= 11 is 0. The molecule has 1 aromatic heterocycles. The molecule has 0 unspecified atom stereocenters. The molecule has 0 radical (unpaired) electrons. The highest BCUT2D eigenvalue weighted by Crippen LogP contribution is 2.26. The Hall–Kier alpha value is -2.61. The molecule has 128 valence electrons. The number of alkyl halides is 3. The largest absolute Gasteiger partial charge is 0.431 e. The Morgan fingerprint density at radius 2 is 1.79 bits per heavy atom. The molecule has 0 saturated carbocycles. The van der Waals surface area contributed by atoms with Crippen LogP contribution in [0.25, 0.3) is 0 Å². The van der Waals surface area contributed by atoms with Gasteiger partial charge < -0.3 is 15.0 Å². The standard InChI is InChI=1S/C16H15F3N2O3/c17-16(18,19)13-7-6-12(14(23)20-13)15(24)21(8-9-22)10-11-4-2-1-3-5-11/h1-7,22H,8-10H2,(H,20,23). The molecule has 0 spiro atoms. The topological polar surface area (TPSA) is 73.4 Å². The molecule has 1 heterocycles. The van der Waals surface area contributed by atoms with Crippen LogP contribution in [0.5, 0.6) is 0 Å². The fourth-order valence-corrected chi connectivity index (χ4v) is 2.15. The number of aromatic amines is 1. The average Bonchev–Trinajstić information content (AvgIpc) is 2.54. The van der Waals surface area contributed by atoms with E-state index in [1.165, 1.54) is 4.90 Å². The van der Waals surface area contributed by atoms with Crippen molar-refractivity contribution < 1.29 is 23.1 Å². The first kappa shape index (κ1) is 17.7. The number of aliphatic hydroxyl groups excluding tert-OH is 1. The zero-order valence-corrected chi connectivity index (χ0v) is 12.5. The van der Waals surface area contributed by atoms with Gasteiger partial charge in [0, 0.05) is 13.1 Å². The number of rotatable bonds is 5. The summed E-state index contributed by atoms with van der Waals surface area (Å²) in [7, 11) is 0. The highest BCUT2D eigenvalue weighted by atomic mass is 19.4. The van der Waals surface area contributed by atoms with Crippen molar-refractivity contribution in [2.45, 2.75) is 12.7 Å². The van der Waals surface area contributed by atoms with E-state index in [9.17, 15) is 22.8 Å². The van der Waals surface area contributed by atoms with E-state index in [0.717, 1.165) is 11.6 Å². The monoisotopic (exact) mass is 340 g/mol. The van der Waals surface area contributed by atoms with Crippen LogP contribution in [-0.4, -0.2) is 34.0 Å². The zero-order valence-electron chi connectivity index (χ0n) is 12.5. The zero-order chi connectivity index (χ0) is 17.7. The van der Waals surface area contributed by atoms with Gasteiger partial charge in [0.15, 0.2) is 0 Å². The molecule has 0 aliphatic rings. The van der Waals surface area contributed by atoms with Gasteiger partial charge in [-0.05, 0) is 17.7 Å². The van der Waals surface area contributed by atoms with Crippen molar-refractivity contribution in [2.24, 2.45) is 0 Å². The molecule has 2 rings (SSSR count). The third kappa shape index (κ3) is 4.23. The second-order valence-electron chi connectivity index (χ2n) is 5.05. The van der Waals surface area contributed by atoms with Crippen molar-refractivity contribution in [3.05, 3.63) is 69.6 Å². The highest BCUT2D eigenvalue weighted by Gasteiger charge is 2.32. The van der Waals surface area contributed by atoms with Crippen molar-refractivity contribution in [1.82, 2.24) is 9.88 Å². The van der Waals surface area contributed by atoms with Crippen LogP contribution in [0.2, 0.25) is 0 Å². The molecule has 0 aliphatic carbocycles. The van der Waals surface area contributed by atoms with Gasteiger partial charge in [-0.2, -0.15) is 13.2 Å². The second-order valence-corrected chi connectivity index (χ2v) is 5.05. The van der Waals surface area contributed by atoms with Crippen LogP contribution in [0.4, 0.5) is 13.2 Å². The molecule has 1 amide bonds. The second kappa shape index (κ2) is 7.31. The van der Waals surface area contributed by atoms with E-state index in [2.05, 4.69) is 0 Å². The molecule has 24 heavy (non-hydrogen) atoms. The lowest BCUT2D eigenvalue weighted by Crippen LogP contribution is -2.36. The van der Waals surface area contributed by atoms with Gasteiger partial charge in [0.1, 0.15) is 11.3 Å². The number of carbonyl (C=O) groups is 1. The Labute approximate surface area is 135 Å². The summed E-state index contributed by atoms with van der Waals surface area (Å²) in [4.78, 5) is 27.1. The van der Waals surface area contributed by atoms with E-state index < -0.39 is 28.9 Å². The van der Waals surface area contributed by atoms with E-state index in [4.69, 9.17) is 5.11 Å². The molecular formula is C16H15F3N2O3. The van der Waals surface area contributed by atoms with Gasteiger partial charge >= 0.3 is 6.18 Å². The SMILES string of the molecule is O=C(c1ccc(C(F)(F)F)[nH]c1=O)N(CCO)Cc1ccccc1. The van der Waals surface area contributed by atoms with Gasteiger partial charge in [-0.1, -0.05) is 30.3 Å². The molecule has 1 aromatic carbocycles. The molecule has 2 N–H and O–H groups in total. The fourth-order valence-electron chi connectivity index (χ4n) is 2.15. The molecule has 2 aromatic rings. The van der Waals surface area contributed by atoms with Crippen LogP contribution in [0, 0.1) is 0 Å². The first-order chi connectivity index (χ1) is 11.3. The van der Waals surface area contributed by atoms with Crippen LogP contribution < -0.4 is 5.56 Å². The number of hydrogen-bond donors (Lipinski definition) is 2. The number of benzene rings is 1. The summed E-state index contributed by atoms with van der Waals surface area (Å²) in [5.41, 5.74) is -1.98. The lowest BCUT2D eigenvalue weighted by Gasteiger charge is -2.21. The number of hydrogen-bond acceptors (Lipinski definition) is 3. The van der Waals surface area contributed by atoms with Crippen LogP contribution >= 0.6 is 0 Å². The molecule has 0 saturated heterocycles. The number of aromatic nitrogens is 1. The number of nitrogens with zero attached hydrogens (tertiary/aromatic N) is 1.